The van der Waals surface area contributed by atoms with Gasteiger partial charge in [-0.05, 0) is 26.2 Å². The van der Waals surface area contributed by atoms with Gasteiger partial charge in [0.1, 0.15) is 0 Å². The molecule has 1 aliphatic rings. The predicted molar refractivity (Wildman–Crippen MR) is 83.5 cm³/mol. The smallest absolute Gasteiger partial charge is 0.342 e. The quantitative estimate of drug-likeness (QED) is 0.843. The van der Waals surface area contributed by atoms with Gasteiger partial charge in [-0.2, -0.15) is 0 Å². The molecule has 1 N–H and O–H groups in total. The summed E-state index contributed by atoms with van der Waals surface area (Å²) >= 11 is 1.37. The fourth-order valence-corrected chi connectivity index (χ4v) is 3.54. The molecule has 0 aliphatic carbocycles. The number of rotatable bonds is 5. The van der Waals surface area contributed by atoms with Crippen LogP contribution in [-0.4, -0.2) is 43.9 Å². The van der Waals surface area contributed by atoms with E-state index < -0.39 is 0 Å². The van der Waals surface area contributed by atoms with Crippen LogP contribution in [0.3, 0.4) is 0 Å². The van der Waals surface area contributed by atoms with Gasteiger partial charge in [0.15, 0.2) is 5.16 Å². The molecule has 7 heteroatoms. The van der Waals surface area contributed by atoms with Gasteiger partial charge in [-0.3, -0.25) is 9.36 Å². The molecule has 2 heterocycles. The number of likely N-dealkylation sites (tertiary alicyclic amines) is 1. The zero-order chi connectivity index (χ0) is 15.2. The number of nitrogens with one attached hydrogen (secondary N) is 1. The normalized spacial score (nSPS) is 17.5. The van der Waals surface area contributed by atoms with Crippen molar-refractivity contribution in [2.75, 3.05) is 13.1 Å². The number of H-pyrrole nitrogens is 1. The first-order valence-electron chi connectivity index (χ1n) is 7.74. The van der Waals surface area contributed by atoms with Crippen LogP contribution in [0.1, 0.15) is 46.0 Å². The highest BCUT2D eigenvalue weighted by Gasteiger charge is 2.24. The van der Waals surface area contributed by atoms with Crippen LogP contribution in [0, 0.1) is 0 Å². The maximum Gasteiger partial charge on any atom is 0.343 e. The summed E-state index contributed by atoms with van der Waals surface area (Å²) in [5.74, 6) is 0.153. The van der Waals surface area contributed by atoms with Gasteiger partial charge in [0.25, 0.3) is 0 Å². The van der Waals surface area contributed by atoms with Gasteiger partial charge in [0.05, 0.1) is 5.25 Å². The van der Waals surface area contributed by atoms with Gasteiger partial charge in [-0.1, -0.05) is 31.5 Å². The Morgan fingerprint density at radius 2 is 2.00 bits per heavy atom. The van der Waals surface area contributed by atoms with Crippen LogP contribution >= 0.6 is 11.8 Å². The van der Waals surface area contributed by atoms with E-state index in [0.29, 0.717) is 11.7 Å². The van der Waals surface area contributed by atoms with E-state index in [1.54, 1.807) is 4.57 Å². The van der Waals surface area contributed by atoms with Gasteiger partial charge in [-0.15, -0.1) is 5.10 Å². The summed E-state index contributed by atoms with van der Waals surface area (Å²) in [6.45, 7) is 6.24. The summed E-state index contributed by atoms with van der Waals surface area (Å²) in [7, 11) is 0. The summed E-state index contributed by atoms with van der Waals surface area (Å²) < 4.78 is 1.61. The number of nitrogens with zero attached hydrogens (tertiary/aromatic N) is 3. The van der Waals surface area contributed by atoms with Crippen molar-refractivity contribution in [2.45, 2.75) is 62.9 Å². The fraction of sp³-hybridized carbons (Fsp3) is 0.786. The fourth-order valence-electron chi connectivity index (χ4n) is 2.57. The minimum atomic E-state index is -0.214. The number of thioether (sulfide) groups is 1. The average molecular weight is 312 g/mol. The summed E-state index contributed by atoms with van der Waals surface area (Å²) in [5.41, 5.74) is -0.200. The lowest BCUT2D eigenvalue weighted by Gasteiger charge is -2.23. The third-order valence-electron chi connectivity index (χ3n) is 3.72. The van der Waals surface area contributed by atoms with Gasteiger partial charge in [-0.25, -0.2) is 9.89 Å². The third-order valence-corrected chi connectivity index (χ3v) is 4.80. The van der Waals surface area contributed by atoms with Gasteiger partial charge < -0.3 is 4.90 Å². The van der Waals surface area contributed by atoms with Crippen LogP contribution < -0.4 is 5.69 Å². The maximum absolute atomic E-state index is 12.5. The summed E-state index contributed by atoms with van der Waals surface area (Å²) in [6, 6.07) is 0. The van der Waals surface area contributed by atoms with Crippen LogP contribution in [0.25, 0.3) is 0 Å². The van der Waals surface area contributed by atoms with E-state index in [0.717, 1.165) is 32.4 Å². The van der Waals surface area contributed by atoms with Crippen molar-refractivity contribution in [3.8, 4) is 0 Å². The second-order valence-electron chi connectivity index (χ2n) is 5.46. The van der Waals surface area contributed by atoms with Gasteiger partial charge in [0.2, 0.25) is 5.91 Å². The highest BCUT2D eigenvalue weighted by Crippen LogP contribution is 2.23. The lowest BCUT2D eigenvalue weighted by atomic mass is 10.2. The minimum Gasteiger partial charge on any atom is -0.342 e. The molecule has 6 nitrogen and oxygen atoms in total. The van der Waals surface area contributed by atoms with Crippen molar-refractivity contribution < 1.29 is 4.79 Å². The van der Waals surface area contributed by atoms with E-state index in [9.17, 15) is 9.59 Å². The number of aromatic nitrogens is 3. The zero-order valence-electron chi connectivity index (χ0n) is 12.8. The van der Waals surface area contributed by atoms with Crippen LogP contribution in [0.5, 0.6) is 0 Å². The van der Waals surface area contributed by atoms with Crippen LogP contribution in [0.15, 0.2) is 9.95 Å². The van der Waals surface area contributed by atoms with Crippen molar-refractivity contribution in [2.24, 2.45) is 0 Å². The van der Waals surface area contributed by atoms with Crippen LogP contribution in [0.2, 0.25) is 0 Å². The molecular formula is C14H24N4O2S. The van der Waals surface area contributed by atoms with E-state index in [2.05, 4.69) is 10.2 Å². The molecule has 2 rings (SSSR count). The minimum absolute atomic E-state index is 0.153. The van der Waals surface area contributed by atoms with Crippen molar-refractivity contribution in [1.29, 1.82) is 0 Å². The average Bonchev–Trinajstić information content (AvgIpc) is 2.72. The number of amides is 1. The Morgan fingerprint density at radius 3 is 2.62 bits per heavy atom. The van der Waals surface area contributed by atoms with Crippen molar-refractivity contribution >= 4 is 17.7 Å². The molecule has 0 bridgehead atoms. The van der Waals surface area contributed by atoms with Crippen LogP contribution in [0.4, 0.5) is 0 Å². The number of hydrogen-bond donors (Lipinski definition) is 1. The number of aromatic amines is 1. The van der Waals surface area contributed by atoms with Crippen LogP contribution in [-0.2, 0) is 11.3 Å². The predicted octanol–water partition coefficient (Wildman–Crippen LogP) is 1.86. The molecule has 1 aromatic heterocycles. The molecule has 0 radical (unpaired) electrons. The first kappa shape index (κ1) is 16.1. The summed E-state index contributed by atoms with van der Waals surface area (Å²) in [6.07, 6.45) is 5.46. The number of carbonyl (C=O) groups excluding carboxylic acids is 1. The standard InChI is InChI=1S/C14H24N4O2S/c1-3-8-18-13(20)15-16-14(18)21-11(2)12(19)17-9-6-4-5-7-10-17/h11H,3-10H2,1-2H3,(H,15,20). The molecule has 1 aliphatic heterocycles. The molecule has 1 saturated heterocycles. The maximum atomic E-state index is 12.5. The van der Waals surface area contributed by atoms with E-state index in [-0.39, 0.29) is 16.8 Å². The highest BCUT2D eigenvalue weighted by molar-refractivity contribution is 8.00. The van der Waals surface area contributed by atoms with E-state index in [1.165, 1.54) is 24.6 Å². The topological polar surface area (TPSA) is 71.0 Å². The second kappa shape index (κ2) is 7.68. The number of carbonyl (C=O) groups is 1. The molecule has 1 atom stereocenters. The first-order chi connectivity index (χ1) is 10.1. The monoisotopic (exact) mass is 312 g/mol. The molecule has 1 unspecified atom stereocenters. The Morgan fingerprint density at radius 1 is 1.33 bits per heavy atom. The zero-order valence-corrected chi connectivity index (χ0v) is 13.6. The molecule has 1 fully saturated rings. The summed E-state index contributed by atoms with van der Waals surface area (Å²) in [4.78, 5) is 26.1. The molecule has 0 aromatic carbocycles. The molecule has 21 heavy (non-hydrogen) atoms. The Labute approximate surface area is 129 Å². The van der Waals surface area contributed by atoms with E-state index >= 15 is 0 Å². The molecule has 0 spiro atoms. The second-order valence-corrected chi connectivity index (χ2v) is 6.77. The summed E-state index contributed by atoms with van der Waals surface area (Å²) in [5, 5.41) is 6.90. The van der Waals surface area contributed by atoms with Gasteiger partial charge in [0, 0.05) is 19.6 Å². The lowest BCUT2D eigenvalue weighted by Crippen LogP contribution is -2.37. The molecule has 1 amide bonds. The molecule has 0 saturated carbocycles. The Hall–Kier alpha value is -1.24. The Bertz CT molecular complexity index is 517. The van der Waals surface area contributed by atoms with Crippen molar-refractivity contribution in [3.63, 3.8) is 0 Å². The first-order valence-corrected chi connectivity index (χ1v) is 8.62. The largest absolute Gasteiger partial charge is 0.343 e. The van der Waals surface area contributed by atoms with Crippen molar-refractivity contribution in [1.82, 2.24) is 19.7 Å². The Balaban J connectivity index is 2.01. The highest BCUT2D eigenvalue weighted by atomic mass is 32.2. The van der Waals surface area contributed by atoms with E-state index in [1.807, 2.05) is 18.7 Å². The molecule has 118 valence electrons. The number of hydrogen-bond acceptors (Lipinski definition) is 4. The van der Waals surface area contributed by atoms with Gasteiger partial charge >= 0.3 is 5.69 Å². The Kier molecular flexibility index (Phi) is 5.90. The SMILES string of the molecule is CCCn1c(SC(C)C(=O)N2CCCCCC2)n[nH]c1=O. The van der Waals surface area contributed by atoms with E-state index in [4.69, 9.17) is 0 Å². The van der Waals surface area contributed by atoms with Crippen molar-refractivity contribution in [3.05, 3.63) is 10.5 Å². The molecule has 1 aromatic rings. The lowest BCUT2D eigenvalue weighted by molar-refractivity contribution is -0.130. The molecular weight excluding hydrogens is 288 g/mol. The third kappa shape index (κ3) is 4.12.